The number of imidazole rings is 1. The van der Waals surface area contributed by atoms with E-state index in [0.29, 0.717) is 18.2 Å². The molecule has 0 unspecified atom stereocenters. The highest BCUT2D eigenvalue weighted by Gasteiger charge is 2.16. The van der Waals surface area contributed by atoms with E-state index >= 15 is 0 Å². The molecular formula is C20H18FN5O. The Morgan fingerprint density at radius 1 is 1.15 bits per heavy atom. The van der Waals surface area contributed by atoms with Gasteiger partial charge in [-0.25, -0.2) is 14.4 Å². The van der Waals surface area contributed by atoms with Crippen LogP contribution in [-0.4, -0.2) is 37.8 Å². The number of halogens is 1. The largest absolute Gasteiger partial charge is 0.395 e. The normalized spacial score (nSPS) is 11.1. The van der Waals surface area contributed by atoms with Gasteiger partial charge in [0, 0.05) is 24.5 Å². The average molecular weight is 363 g/mol. The second-order valence-electron chi connectivity index (χ2n) is 6.15. The number of hydrogen-bond donors (Lipinski definition) is 2. The number of aryl methyl sites for hydroxylation is 1. The fraction of sp³-hybridized carbons (Fsp3) is 0.150. The smallest absolute Gasteiger partial charge is 0.147 e. The molecule has 0 bridgehead atoms. The number of rotatable bonds is 5. The predicted molar refractivity (Wildman–Crippen MR) is 102 cm³/mol. The van der Waals surface area contributed by atoms with Crippen molar-refractivity contribution in [1.82, 2.24) is 19.5 Å². The molecule has 0 aliphatic carbocycles. The first kappa shape index (κ1) is 17.1. The van der Waals surface area contributed by atoms with Crippen molar-refractivity contribution in [3.63, 3.8) is 0 Å². The zero-order valence-electron chi connectivity index (χ0n) is 14.7. The summed E-state index contributed by atoms with van der Waals surface area (Å²) >= 11 is 0. The van der Waals surface area contributed by atoms with Gasteiger partial charge in [-0.2, -0.15) is 0 Å². The highest BCUT2D eigenvalue weighted by atomic mass is 19.1. The SMILES string of the molecule is Cc1cc(F)ccc1-n1c(-c2ccc(NCCO)nc2)nc2ccncc21. The van der Waals surface area contributed by atoms with Crippen LogP contribution in [0, 0.1) is 12.7 Å². The van der Waals surface area contributed by atoms with Crippen LogP contribution < -0.4 is 5.32 Å². The minimum absolute atomic E-state index is 0.0378. The summed E-state index contributed by atoms with van der Waals surface area (Å²) in [6.07, 6.45) is 5.17. The average Bonchev–Trinajstić information content (AvgIpc) is 3.06. The van der Waals surface area contributed by atoms with Crippen molar-refractivity contribution >= 4 is 16.9 Å². The molecule has 0 aliphatic heterocycles. The Morgan fingerprint density at radius 3 is 2.78 bits per heavy atom. The number of nitrogens with zero attached hydrogens (tertiary/aromatic N) is 4. The predicted octanol–water partition coefficient (Wildman–Crippen LogP) is 3.33. The van der Waals surface area contributed by atoms with Gasteiger partial charge >= 0.3 is 0 Å². The quantitative estimate of drug-likeness (QED) is 0.569. The van der Waals surface area contributed by atoms with Crippen molar-refractivity contribution < 1.29 is 9.50 Å². The summed E-state index contributed by atoms with van der Waals surface area (Å²) < 4.78 is 15.6. The fourth-order valence-corrected chi connectivity index (χ4v) is 3.05. The van der Waals surface area contributed by atoms with E-state index in [1.807, 2.05) is 29.7 Å². The zero-order chi connectivity index (χ0) is 18.8. The fourth-order valence-electron chi connectivity index (χ4n) is 3.05. The van der Waals surface area contributed by atoms with Gasteiger partial charge in [0.05, 0.1) is 29.5 Å². The monoisotopic (exact) mass is 363 g/mol. The lowest BCUT2D eigenvalue weighted by Gasteiger charge is -2.12. The van der Waals surface area contributed by atoms with Crippen LogP contribution in [0.1, 0.15) is 5.56 Å². The highest BCUT2D eigenvalue weighted by molar-refractivity contribution is 5.82. The van der Waals surface area contributed by atoms with Crippen LogP contribution in [0.5, 0.6) is 0 Å². The van der Waals surface area contributed by atoms with Gasteiger partial charge in [0.25, 0.3) is 0 Å². The van der Waals surface area contributed by atoms with E-state index in [9.17, 15) is 4.39 Å². The first-order valence-electron chi connectivity index (χ1n) is 8.57. The van der Waals surface area contributed by atoms with E-state index in [2.05, 4.69) is 15.3 Å². The molecule has 3 heterocycles. The first-order chi connectivity index (χ1) is 13.2. The number of aliphatic hydroxyl groups excluding tert-OH is 1. The van der Waals surface area contributed by atoms with Crippen molar-refractivity contribution in [2.45, 2.75) is 6.92 Å². The molecule has 4 rings (SSSR count). The number of benzene rings is 1. The van der Waals surface area contributed by atoms with E-state index < -0.39 is 0 Å². The lowest BCUT2D eigenvalue weighted by atomic mass is 10.1. The molecule has 27 heavy (non-hydrogen) atoms. The number of nitrogens with one attached hydrogen (secondary N) is 1. The van der Waals surface area contributed by atoms with Gasteiger partial charge in [0.2, 0.25) is 0 Å². The van der Waals surface area contributed by atoms with Gasteiger partial charge in [-0.15, -0.1) is 0 Å². The van der Waals surface area contributed by atoms with Gasteiger partial charge in [0.1, 0.15) is 17.5 Å². The second kappa shape index (κ2) is 7.13. The summed E-state index contributed by atoms with van der Waals surface area (Å²) in [6, 6.07) is 10.3. The molecule has 2 N–H and O–H groups in total. The molecule has 0 aliphatic rings. The summed E-state index contributed by atoms with van der Waals surface area (Å²) in [5.74, 6) is 1.10. The van der Waals surface area contributed by atoms with E-state index in [1.54, 1.807) is 24.7 Å². The van der Waals surface area contributed by atoms with Crippen LogP contribution in [0.2, 0.25) is 0 Å². The molecule has 7 heteroatoms. The molecule has 0 saturated heterocycles. The Hall–Kier alpha value is -3.32. The van der Waals surface area contributed by atoms with Crippen LogP contribution in [0.15, 0.2) is 55.0 Å². The summed E-state index contributed by atoms with van der Waals surface area (Å²) in [5, 5.41) is 11.9. The summed E-state index contributed by atoms with van der Waals surface area (Å²) in [6.45, 7) is 2.34. The van der Waals surface area contributed by atoms with Gasteiger partial charge in [-0.05, 0) is 48.9 Å². The van der Waals surface area contributed by atoms with Gasteiger partial charge < -0.3 is 10.4 Å². The third-order valence-corrected chi connectivity index (χ3v) is 4.30. The maximum absolute atomic E-state index is 13.6. The third-order valence-electron chi connectivity index (χ3n) is 4.30. The first-order valence-corrected chi connectivity index (χ1v) is 8.57. The van der Waals surface area contributed by atoms with Gasteiger partial charge in [0.15, 0.2) is 0 Å². The molecule has 0 spiro atoms. The van der Waals surface area contributed by atoms with Crippen molar-refractivity contribution in [2.75, 3.05) is 18.5 Å². The number of anilines is 1. The van der Waals surface area contributed by atoms with E-state index in [4.69, 9.17) is 10.1 Å². The summed E-state index contributed by atoms with van der Waals surface area (Å²) in [5.41, 5.74) is 4.10. The Bertz CT molecular complexity index is 1090. The maximum atomic E-state index is 13.6. The van der Waals surface area contributed by atoms with Crippen LogP contribution >= 0.6 is 0 Å². The number of fused-ring (bicyclic) bond motifs is 1. The Kier molecular flexibility index (Phi) is 4.52. The molecule has 0 saturated carbocycles. The van der Waals surface area contributed by atoms with Crippen LogP contribution in [0.4, 0.5) is 10.2 Å². The summed E-state index contributed by atoms with van der Waals surface area (Å²) in [7, 11) is 0. The molecule has 1 aromatic carbocycles. The van der Waals surface area contributed by atoms with Gasteiger partial charge in [-0.1, -0.05) is 0 Å². The molecule has 136 valence electrons. The van der Waals surface area contributed by atoms with Gasteiger partial charge in [-0.3, -0.25) is 9.55 Å². The molecule has 4 aromatic rings. The van der Waals surface area contributed by atoms with E-state index in [0.717, 1.165) is 27.8 Å². The number of hydrogen-bond acceptors (Lipinski definition) is 5. The topological polar surface area (TPSA) is 75.9 Å². The molecule has 6 nitrogen and oxygen atoms in total. The summed E-state index contributed by atoms with van der Waals surface area (Å²) in [4.78, 5) is 13.3. The molecule has 0 amide bonds. The number of aromatic nitrogens is 4. The van der Waals surface area contributed by atoms with Crippen LogP contribution in [-0.2, 0) is 0 Å². The van der Waals surface area contributed by atoms with Crippen molar-refractivity contribution in [2.24, 2.45) is 0 Å². The molecule has 0 fully saturated rings. The number of aliphatic hydroxyl groups is 1. The third kappa shape index (κ3) is 3.24. The van der Waals surface area contributed by atoms with Crippen molar-refractivity contribution in [1.29, 1.82) is 0 Å². The van der Waals surface area contributed by atoms with Crippen LogP contribution in [0.3, 0.4) is 0 Å². The lowest BCUT2D eigenvalue weighted by Crippen LogP contribution is -2.06. The van der Waals surface area contributed by atoms with E-state index in [-0.39, 0.29) is 12.4 Å². The zero-order valence-corrected chi connectivity index (χ0v) is 14.7. The minimum Gasteiger partial charge on any atom is -0.395 e. The molecule has 0 atom stereocenters. The lowest BCUT2D eigenvalue weighted by molar-refractivity contribution is 0.311. The Morgan fingerprint density at radius 2 is 2.04 bits per heavy atom. The molecular weight excluding hydrogens is 345 g/mol. The van der Waals surface area contributed by atoms with Crippen LogP contribution in [0.25, 0.3) is 28.1 Å². The standard InChI is InChI=1S/C20H18FN5O/c1-13-10-15(21)3-4-17(13)26-18-12-22-7-6-16(18)25-20(26)14-2-5-19(24-11-14)23-8-9-27/h2-7,10-12,27H,8-9H2,1H3,(H,23,24). The van der Waals surface area contributed by atoms with Crippen molar-refractivity contribution in [3.8, 4) is 17.1 Å². The number of pyridine rings is 2. The van der Waals surface area contributed by atoms with E-state index in [1.165, 1.54) is 12.1 Å². The minimum atomic E-state index is -0.277. The Labute approximate surface area is 155 Å². The maximum Gasteiger partial charge on any atom is 0.147 e. The second-order valence-corrected chi connectivity index (χ2v) is 6.15. The molecule has 3 aromatic heterocycles. The highest BCUT2D eigenvalue weighted by Crippen LogP contribution is 2.29. The Balaban J connectivity index is 1.88. The van der Waals surface area contributed by atoms with Crippen molar-refractivity contribution in [3.05, 3.63) is 66.4 Å². The molecule has 0 radical (unpaired) electrons.